The van der Waals surface area contributed by atoms with E-state index in [1.54, 1.807) is 0 Å². The number of nitrogens with zero attached hydrogens (tertiary/aromatic N) is 1. The van der Waals surface area contributed by atoms with Crippen molar-refractivity contribution in [3.63, 3.8) is 0 Å². The molecule has 0 aliphatic carbocycles. The molecule has 0 saturated heterocycles. The molecule has 58 heavy (non-hydrogen) atoms. The SMILES string of the molecule is CCCCCCCCCC(OC(=O)CCCCCCCN(CCO)CCCCCCCC(=O)OC(CCCCCCCCC)C(F)(F)C(F)(F)F)C(F)(F)C(F)(F)F. The maximum atomic E-state index is 14.1. The van der Waals surface area contributed by atoms with Crippen LogP contribution in [0.3, 0.4) is 0 Å². The van der Waals surface area contributed by atoms with E-state index in [2.05, 4.69) is 4.90 Å². The lowest BCUT2D eigenvalue weighted by molar-refractivity contribution is -0.315. The largest absolute Gasteiger partial charge is 0.457 e. The third-order valence-electron chi connectivity index (χ3n) is 10.4. The van der Waals surface area contributed by atoms with Crippen LogP contribution in [0.2, 0.25) is 0 Å². The fraction of sp³-hybridized carbons (Fsp3) is 0.952. The van der Waals surface area contributed by atoms with Gasteiger partial charge in [-0.15, -0.1) is 0 Å². The number of alkyl halides is 10. The van der Waals surface area contributed by atoms with Gasteiger partial charge in [0.05, 0.1) is 6.61 Å². The Morgan fingerprint density at radius 3 is 1.05 bits per heavy atom. The number of carbonyl (C=O) groups is 2. The molecular weight excluding hydrogens is 788 g/mol. The van der Waals surface area contributed by atoms with Crippen molar-refractivity contribution in [2.24, 2.45) is 0 Å². The average Bonchev–Trinajstić information content (AvgIpc) is 3.14. The zero-order valence-electron chi connectivity index (χ0n) is 35.1. The molecule has 0 aliphatic heterocycles. The first-order chi connectivity index (χ1) is 27.3. The van der Waals surface area contributed by atoms with Crippen LogP contribution in [0.25, 0.3) is 0 Å². The van der Waals surface area contributed by atoms with Crippen LogP contribution >= 0.6 is 0 Å². The van der Waals surface area contributed by atoms with Gasteiger partial charge in [0, 0.05) is 19.4 Å². The van der Waals surface area contributed by atoms with Crippen LogP contribution in [0.5, 0.6) is 0 Å². The highest BCUT2D eigenvalue weighted by atomic mass is 19.4. The average molecular weight is 862 g/mol. The van der Waals surface area contributed by atoms with Crippen LogP contribution in [-0.4, -0.2) is 84.6 Å². The number of aliphatic hydroxyl groups excluding tert-OH is 1. The molecule has 0 fully saturated rings. The molecule has 16 heteroatoms. The van der Waals surface area contributed by atoms with Crippen molar-refractivity contribution in [2.75, 3.05) is 26.2 Å². The number of hydrogen-bond acceptors (Lipinski definition) is 6. The first-order valence-electron chi connectivity index (χ1n) is 22.0. The van der Waals surface area contributed by atoms with Gasteiger partial charge in [-0.25, -0.2) is 0 Å². The van der Waals surface area contributed by atoms with E-state index < -0.39 is 61.2 Å². The van der Waals surface area contributed by atoms with Gasteiger partial charge in [0.15, 0.2) is 12.2 Å². The molecule has 0 aromatic heterocycles. The molecule has 6 nitrogen and oxygen atoms in total. The van der Waals surface area contributed by atoms with E-state index in [4.69, 9.17) is 9.47 Å². The first kappa shape index (κ1) is 56.2. The first-order valence-corrected chi connectivity index (χ1v) is 22.0. The van der Waals surface area contributed by atoms with E-state index in [1.807, 2.05) is 13.8 Å². The summed E-state index contributed by atoms with van der Waals surface area (Å²) in [7, 11) is 0. The van der Waals surface area contributed by atoms with E-state index >= 15 is 0 Å². The molecule has 1 N–H and O–H groups in total. The fourth-order valence-electron chi connectivity index (χ4n) is 6.75. The van der Waals surface area contributed by atoms with Gasteiger partial charge in [-0.2, -0.15) is 43.9 Å². The zero-order chi connectivity index (χ0) is 43.9. The molecule has 0 aromatic rings. The minimum atomic E-state index is -5.82. The predicted molar refractivity (Wildman–Crippen MR) is 206 cm³/mol. The highest BCUT2D eigenvalue weighted by molar-refractivity contribution is 5.70. The van der Waals surface area contributed by atoms with Gasteiger partial charge in [-0.05, 0) is 64.5 Å². The van der Waals surface area contributed by atoms with Gasteiger partial charge in [0.2, 0.25) is 0 Å². The van der Waals surface area contributed by atoms with E-state index in [0.29, 0.717) is 71.0 Å². The lowest BCUT2D eigenvalue weighted by Crippen LogP contribution is -2.49. The maximum absolute atomic E-state index is 14.1. The van der Waals surface area contributed by atoms with Crippen molar-refractivity contribution >= 4 is 11.9 Å². The summed E-state index contributed by atoms with van der Waals surface area (Å²) >= 11 is 0. The van der Waals surface area contributed by atoms with Crippen LogP contribution in [0, 0.1) is 0 Å². The summed E-state index contributed by atoms with van der Waals surface area (Å²) in [6.07, 6.45) is -1.74. The highest BCUT2D eigenvalue weighted by Gasteiger charge is 2.64. The Balaban J connectivity index is 4.42. The minimum Gasteiger partial charge on any atom is -0.456 e. The number of hydrogen-bond donors (Lipinski definition) is 1. The number of halogens is 10. The second-order valence-corrected chi connectivity index (χ2v) is 15.6. The smallest absolute Gasteiger partial charge is 0.456 e. The molecule has 346 valence electrons. The van der Waals surface area contributed by atoms with Crippen molar-refractivity contribution in [1.29, 1.82) is 0 Å². The van der Waals surface area contributed by atoms with Crippen molar-refractivity contribution in [1.82, 2.24) is 4.90 Å². The van der Waals surface area contributed by atoms with Gasteiger partial charge in [0.1, 0.15) is 0 Å². The van der Waals surface area contributed by atoms with Gasteiger partial charge >= 0.3 is 36.1 Å². The molecule has 0 bridgehead atoms. The second kappa shape index (κ2) is 32.0. The Kier molecular flexibility index (Phi) is 30.9. The summed E-state index contributed by atoms with van der Waals surface area (Å²) in [5.74, 6) is -12.4. The van der Waals surface area contributed by atoms with Crippen LogP contribution in [0.1, 0.15) is 194 Å². The quantitative estimate of drug-likeness (QED) is 0.0379. The number of carbonyl (C=O) groups excluding carboxylic acids is 2. The number of unbranched alkanes of at least 4 members (excludes halogenated alkanes) is 20. The molecule has 0 saturated carbocycles. The van der Waals surface area contributed by atoms with Gasteiger partial charge in [-0.1, -0.05) is 129 Å². The number of aliphatic hydroxyl groups is 1. The molecule has 2 unspecified atom stereocenters. The van der Waals surface area contributed by atoms with Crippen LogP contribution < -0.4 is 0 Å². The number of esters is 2. The second-order valence-electron chi connectivity index (χ2n) is 15.6. The molecular formula is C42H73F10NO5. The third kappa shape index (κ3) is 25.7. The fourth-order valence-corrected chi connectivity index (χ4v) is 6.75. The van der Waals surface area contributed by atoms with Crippen molar-refractivity contribution in [3.8, 4) is 0 Å². The normalized spacial score (nSPS) is 13.9. The van der Waals surface area contributed by atoms with Gasteiger partial charge in [-0.3, -0.25) is 9.59 Å². The van der Waals surface area contributed by atoms with Crippen molar-refractivity contribution in [3.05, 3.63) is 0 Å². The summed E-state index contributed by atoms with van der Waals surface area (Å²) in [5, 5.41) is 9.45. The molecule has 0 radical (unpaired) electrons. The molecule has 0 aromatic carbocycles. The molecule has 0 rings (SSSR count). The Morgan fingerprint density at radius 1 is 0.448 bits per heavy atom. The molecule has 0 heterocycles. The molecule has 0 spiro atoms. The Morgan fingerprint density at radius 2 is 0.741 bits per heavy atom. The Labute approximate surface area is 340 Å². The van der Waals surface area contributed by atoms with E-state index in [-0.39, 0.29) is 32.3 Å². The lowest BCUT2D eigenvalue weighted by atomic mass is 10.0. The third-order valence-corrected chi connectivity index (χ3v) is 10.4. The summed E-state index contributed by atoms with van der Waals surface area (Å²) in [4.78, 5) is 26.5. The summed E-state index contributed by atoms with van der Waals surface area (Å²) in [6.45, 7) is 5.85. The predicted octanol–water partition coefficient (Wildman–Crippen LogP) is 13.5. The van der Waals surface area contributed by atoms with E-state index in [1.165, 1.54) is 0 Å². The zero-order valence-corrected chi connectivity index (χ0v) is 35.1. The highest BCUT2D eigenvalue weighted by Crippen LogP contribution is 2.42. The monoisotopic (exact) mass is 862 g/mol. The van der Waals surface area contributed by atoms with Gasteiger partial charge < -0.3 is 19.5 Å². The summed E-state index contributed by atoms with van der Waals surface area (Å²) < 4.78 is 144. The topological polar surface area (TPSA) is 76.1 Å². The molecule has 2 atom stereocenters. The Hall–Kier alpha value is -1.84. The standard InChI is InChI=1S/C42H73F10NO5/c1-3-5-7-9-11-15-21-27-35(39(43,44)41(47,48)49)57-37(55)29-23-17-13-19-25-31-53(33-34-54)32-26-20-14-18-24-30-38(56)58-36(40(45,46)42(50,51)52)28-22-16-12-10-8-6-4-2/h35-36,54H,3-34H2,1-2H3. The summed E-state index contributed by atoms with van der Waals surface area (Å²) in [6, 6.07) is 0. The minimum absolute atomic E-state index is 0.0507. The number of ether oxygens (including phenoxy) is 2. The molecule has 0 amide bonds. The lowest BCUT2D eigenvalue weighted by Gasteiger charge is -2.28. The summed E-state index contributed by atoms with van der Waals surface area (Å²) in [5.41, 5.74) is 0. The Bertz CT molecular complexity index is 953. The van der Waals surface area contributed by atoms with Crippen LogP contribution in [-0.2, 0) is 19.1 Å². The van der Waals surface area contributed by atoms with E-state index in [9.17, 15) is 58.6 Å². The van der Waals surface area contributed by atoms with Crippen LogP contribution in [0.4, 0.5) is 43.9 Å². The maximum Gasteiger partial charge on any atom is 0.457 e. The van der Waals surface area contributed by atoms with Gasteiger partial charge in [0.25, 0.3) is 0 Å². The van der Waals surface area contributed by atoms with Crippen molar-refractivity contribution < 1.29 is 68.1 Å². The molecule has 0 aliphatic rings. The van der Waals surface area contributed by atoms with Crippen molar-refractivity contribution in [2.45, 2.75) is 230 Å². The van der Waals surface area contributed by atoms with E-state index in [0.717, 1.165) is 89.9 Å². The van der Waals surface area contributed by atoms with Crippen LogP contribution in [0.15, 0.2) is 0 Å². The number of rotatable bonds is 38.